The summed E-state index contributed by atoms with van der Waals surface area (Å²) in [5.74, 6) is -0.293. The molecule has 0 bridgehead atoms. The van der Waals surface area contributed by atoms with Gasteiger partial charge in [-0.3, -0.25) is 4.98 Å². The molecule has 2 rings (SSSR count). The van der Waals surface area contributed by atoms with Crippen LogP contribution in [0.5, 0.6) is 0 Å². The Morgan fingerprint density at radius 1 is 1.38 bits per heavy atom. The molecule has 0 unspecified atom stereocenters. The van der Waals surface area contributed by atoms with Crippen LogP contribution in [0.4, 0.5) is 10.1 Å². The molecule has 0 amide bonds. The molecule has 2 aromatic rings. The van der Waals surface area contributed by atoms with Gasteiger partial charge in [0.2, 0.25) is 0 Å². The molecule has 1 heterocycles. The quantitative estimate of drug-likeness (QED) is 0.922. The van der Waals surface area contributed by atoms with E-state index in [-0.39, 0.29) is 5.82 Å². The van der Waals surface area contributed by atoms with Gasteiger partial charge in [0, 0.05) is 28.3 Å². The minimum atomic E-state index is -0.293. The highest BCUT2D eigenvalue weighted by Crippen LogP contribution is 2.30. The molecule has 0 spiro atoms. The predicted octanol–water partition coefficient (Wildman–Crippen LogP) is 3.96. The highest BCUT2D eigenvalue weighted by atomic mass is 79.9. The molecule has 0 aliphatic heterocycles. The third-order valence-electron chi connectivity index (χ3n) is 2.36. The van der Waals surface area contributed by atoms with Crippen molar-refractivity contribution in [1.82, 2.24) is 4.98 Å². The largest absolute Gasteiger partial charge is 0.384 e. The van der Waals surface area contributed by atoms with E-state index in [9.17, 15) is 4.39 Å². The lowest BCUT2D eigenvalue weighted by Crippen LogP contribution is -2.01. The number of pyridine rings is 1. The van der Waals surface area contributed by atoms with Crippen molar-refractivity contribution in [2.45, 2.75) is 13.3 Å². The van der Waals surface area contributed by atoms with E-state index in [1.807, 2.05) is 6.07 Å². The average molecular weight is 283 g/mol. The molecule has 84 valence electrons. The van der Waals surface area contributed by atoms with Gasteiger partial charge in [-0.1, -0.05) is 22.9 Å². The Bertz CT molecular complexity index is 514. The number of nitrogens with zero attached hydrogens (tertiary/aromatic N) is 1. The summed E-state index contributed by atoms with van der Waals surface area (Å²) < 4.78 is 14.4. The molecule has 16 heavy (non-hydrogen) atoms. The first-order chi connectivity index (χ1) is 7.74. The molecule has 0 atom stereocenters. The number of benzene rings is 1. The molecule has 0 saturated heterocycles. The van der Waals surface area contributed by atoms with E-state index in [0.29, 0.717) is 5.52 Å². The standard InChI is InChI=1S/C12H12BrFN2/c1-2-6-15-10-5-7-16-12-9(14)4-3-8(13)11(10)12/h3-5,7H,2,6H2,1H3,(H,15,16). The van der Waals surface area contributed by atoms with Gasteiger partial charge in [-0.05, 0) is 24.6 Å². The molecule has 0 fully saturated rings. The van der Waals surface area contributed by atoms with Crippen molar-refractivity contribution >= 4 is 32.5 Å². The minimum Gasteiger partial charge on any atom is -0.384 e. The van der Waals surface area contributed by atoms with E-state index < -0.39 is 0 Å². The fraction of sp³-hybridized carbons (Fsp3) is 0.250. The SMILES string of the molecule is CCCNc1ccnc2c(F)ccc(Br)c12. The number of fused-ring (bicyclic) bond motifs is 1. The van der Waals surface area contributed by atoms with Gasteiger partial charge >= 0.3 is 0 Å². The summed E-state index contributed by atoms with van der Waals surface area (Å²) in [5, 5.41) is 4.07. The molecule has 1 aromatic heterocycles. The van der Waals surface area contributed by atoms with Crippen LogP contribution in [0.2, 0.25) is 0 Å². The Morgan fingerprint density at radius 2 is 2.19 bits per heavy atom. The topological polar surface area (TPSA) is 24.9 Å². The average Bonchev–Trinajstić information content (AvgIpc) is 2.31. The molecule has 2 nitrogen and oxygen atoms in total. The van der Waals surface area contributed by atoms with Gasteiger partial charge in [-0.15, -0.1) is 0 Å². The monoisotopic (exact) mass is 282 g/mol. The number of aromatic nitrogens is 1. The summed E-state index contributed by atoms with van der Waals surface area (Å²) in [7, 11) is 0. The van der Waals surface area contributed by atoms with Crippen LogP contribution in [0.1, 0.15) is 13.3 Å². The lowest BCUT2D eigenvalue weighted by Gasteiger charge is -2.10. The van der Waals surface area contributed by atoms with Crippen LogP contribution in [0.25, 0.3) is 10.9 Å². The maximum Gasteiger partial charge on any atom is 0.149 e. The predicted molar refractivity (Wildman–Crippen MR) is 68.2 cm³/mol. The first-order valence-electron chi connectivity index (χ1n) is 5.20. The smallest absolute Gasteiger partial charge is 0.149 e. The number of hydrogen-bond acceptors (Lipinski definition) is 2. The van der Waals surface area contributed by atoms with Crippen molar-refractivity contribution in [3.63, 3.8) is 0 Å². The molecule has 4 heteroatoms. The molecule has 0 radical (unpaired) electrons. The maximum absolute atomic E-state index is 13.6. The highest BCUT2D eigenvalue weighted by molar-refractivity contribution is 9.10. The third kappa shape index (κ3) is 2.02. The summed E-state index contributed by atoms with van der Waals surface area (Å²) in [6, 6.07) is 4.99. The Balaban J connectivity index is 2.61. The van der Waals surface area contributed by atoms with E-state index in [1.165, 1.54) is 6.07 Å². The first kappa shape index (κ1) is 11.3. The Hall–Kier alpha value is -1.16. The molecular formula is C12H12BrFN2. The van der Waals surface area contributed by atoms with Gasteiger partial charge in [-0.2, -0.15) is 0 Å². The van der Waals surface area contributed by atoms with E-state index in [2.05, 4.69) is 33.2 Å². The van der Waals surface area contributed by atoms with Crippen LogP contribution in [-0.4, -0.2) is 11.5 Å². The molecule has 1 aromatic carbocycles. The molecule has 0 aliphatic carbocycles. The summed E-state index contributed by atoms with van der Waals surface area (Å²) in [5.41, 5.74) is 1.31. The van der Waals surface area contributed by atoms with E-state index in [1.54, 1.807) is 12.3 Å². The number of hydrogen-bond donors (Lipinski definition) is 1. The summed E-state index contributed by atoms with van der Waals surface area (Å²) >= 11 is 3.43. The number of anilines is 1. The second-order valence-corrected chi connectivity index (χ2v) is 4.39. The molecule has 1 N–H and O–H groups in total. The van der Waals surface area contributed by atoms with Gasteiger partial charge < -0.3 is 5.32 Å². The number of halogens is 2. The van der Waals surface area contributed by atoms with Crippen molar-refractivity contribution in [3.8, 4) is 0 Å². The van der Waals surface area contributed by atoms with Crippen LogP contribution in [-0.2, 0) is 0 Å². The van der Waals surface area contributed by atoms with Gasteiger partial charge in [0.05, 0.1) is 0 Å². The Kier molecular flexibility index (Phi) is 3.39. The van der Waals surface area contributed by atoms with Crippen molar-refractivity contribution in [2.75, 3.05) is 11.9 Å². The summed E-state index contributed by atoms with van der Waals surface area (Å²) in [4.78, 5) is 4.07. The van der Waals surface area contributed by atoms with Crippen molar-refractivity contribution < 1.29 is 4.39 Å². The van der Waals surface area contributed by atoms with Gasteiger partial charge in [0.1, 0.15) is 11.3 Å². The zero-order valence-corrected chi connectivity index (χ0v) is 10.5. The fourth-order valence-corrected chi connectivity index (χ4v) is 2.13. The molecular weight excluding hydrogens is 271 g/mol. The van der Waals surface area contributed by atoms with Crippen LogP contribution in [0, 0.1) is 5.82 Å². The van der Waals surface area contributed by atoms with E-state index in [0.717, 1.165) is 28.5 Å². The number of nitrogens with one attached hydrogen (secondary N) is 1. The molecule has 0 aliphatic rings. The number of rotatable bonds is 3. The van der Waals surface area contributed by atoms with Crippen molar-refractivity contribution in [1.29, 1.82) is 0 Å². The second-order valence-electron chi connectivity index (χ2n) is 3.54. The van der Waals surface area contributed by atoms with E-state index >= 15 is 0 Å². The lowest BCUT2D eigenvalue weighted by atomic mass is 10.2. The van der Waals surface area contributed by atoms with Crippen LogP contribution < -0.4 is 5.32 Å². The van der Waals surface area contributed by atoms with Crippen molar-refractivity contribution in [2.24, 2.45) is 0 Å². The zero-order chi connectivity index (χ0) is 11.5. The highest BCUT2D eigenvalue weighted by Gasteiger charge is 2.09. The normalized spacial score (nSPS) is 10.7. The van der Waals surface area contributed by atoms with Gasteiger partial charge in [-0.25, -0.2) is 4.39 Å². The zero-order valence-electron chi connectivity index (χ0n) is 8.93. The maximum atomic E-state index is 13.6. The van der Waals surface area contributed by atoms with Crippen LogP contribution >= 0.6 is 15.9 Å². The minimum absolute atomic E-state index is 0.293. The second kappa shape index (κ2) is 4.78. The van der Waals surface area contributed by atoms with E-state index in [4.69, 9.17) is 0 Å². The summed E-state index contributed by atoms with van der Waals surface area (Å²) in [6.07, 6.45) is 2.65. The Labute approximate surface area is 102 Å². The van der Waals surface area contributed by atoms with Gasteiger partial charge in [0.25, 0.3) is 0 Å². The fourth-order valence-electron chi connectivity index (χ4n) is 1.60. The van der Waals surface area contributed by atoms with Crippen molar-refractivity contribution in [3.05, 3.63) is 34.7 Å². The van der Waals surface area contributed by atoms with Crippen LogP contribution in [0.3, 0.4) is 0 Å². The first-order valence-corrected chi connectivity index (χ1v) is 6.00. The third-order valence-corrected chi connectivity index (χ3v) is 3.02. The van der Waals surface area contributed by atoms with Gasteiger partial charge in [0.15, 0.2) is 0 Å². The summed E-state index contributed by atoms with van der Waals surface area (Å²) in [6.45, 7) is 2.95. The lowest BCUT2D eigenvalue weighted by molar-refractivity contribution is 0.636. The Morgan fingerprint density at radius 3 is 2.94 bits per heavy atom. The van der Waals surface area contributed by atoms with Crippen LogP contribution in [0.15, 0.2) is 28.9 Å². The molecule has 0 saturated carbocycles.